The summed E-state index contributed by atoms with van der Waals surface area (Å²) in [7, 11) is 1.58. The molecule has 6 heteroatoms. The van der Waals surface area contributed by atoms with Crippen LogP contribution in [-0.4, -0.2) is 61.6 Å². The minimum absolute atomic E-state index is 0.223. The van der Waals surface area contributed by atoms with E-state index in [1.165, 1.54) is 38.4 Å². The first-order valence-corrected chi connectivity index (χ1v) is 9.74. The number of rotatable bonds is 6. The molecule has 0 aromatic heterocycles. The summed E-state index contributed by atoms with van der Waals surface area (Å²) in [6.07, 6.45) is 3.87. The van der Waals surface area contributed by atoms with Crippen LogP contribution in [0.2, 0.25) is 0 Å². The van der Waals surface area contributed by atoms with Crippen LogP contribution in [0.5, 0.6) is 0 Å². The maximum atomic E-state index is 13.8. The van der Waals surface area contributed by atoms with Crippen LogP contribution < -0.4 is 5.32 Å². The number of guanidine groups is 1. The van der Waals surface area contributed by atoms with Crippen LogP contribution in [-0.2, 0) is 17.9 Å². The molecule has 0 aliphatic carbocycles. The van der Waals surface area contributed by atoms with Gasteiger partial charge in [-0.25, -0.2) is 9.38 Å². The van der Waals surface area contributed by atoms with Crippen LogP contribution >= 0.6 is 0 Å². The Balaban J connectivity index is 1.65. The van der Waals surface area contributed by atoms with Gasteiger partial charge in [-0.1, -0.05) is 6.07 Å². The topological polar surface area (TPSA) is 40.1 Å². The molecule has 0 saturated carbocycles. The zero-order valence-electron chi connectivity index (χ0n) is 16.0. The quantitative estimate of drug-likeness (QED) is 0.624. The van der Waals surface area contributed by atoms with Crippen molar-refractivity contribution in [2.24, 2.45) is 4.99 Å². The first-order valence-electron chi connectivity index (χ1n) is 9.74. The van der Waals surface area contributed by atoms with E-state index in [1.54, 1.807) is 13.2 Å². The fourth-order valence-corrected chi connectivity index (χ4v) is 3.92. The maximum absolute atomic E-state index is 13.8. The highest BCUT2D eigenvalue weighted by atomic mass is 19.1. The molecule has 1 unspecified atom stereocenters. The molecular formula is C20H31FN4O. The van der Waals surface area contributed by atoms with Gasteiger partial charge < -0.3 is 15.0 Å². The molecule has 0 radical (unpaired) electrons. The summed E-state index contributed by atoms with van der Waals surface area (Å²) in [4.78, 5) is 9.80. The molecule has 144 valence electrons. The number of aliphatic imine (C=N–C) groups is 1. The summed E-state index contributed by atoms with van der Waals surface area (Å²) in [6, 6.07) is 5.81. The smallest absolute Gasteiger partial charge is 0.194 e. The van der Waals surface area contributed by atoms with E-state index in [2.05, 4.69) is 22.0 Å². The number of ether oxygens (including phenoxy) is 1. The lowest BCUT2D eigenvalue weighted by atomic mass is 10.1. The lowest BCUT2D eigenvalue weighted by Crippen LogP contribution is -2.42. The molecule has 1 atom stereocenters. The number of nitrogens with zero attached hydrogens (tertiary/aromatic N) is 3. The van der Waals surface area contributed by atoms with Crippen molar-refractivity contribution in [3.05, 3.63) is 35.1 Å². The Bertz CT molecular complexity index is 616. The van der Waals surface area contributed by atoms with Gasteiger partial charge in [0.15, 0.2) is 5.96 Å². The number of likely N-dealkylation sites (tertiary alicyclic amines) is 2. The van der Waals surface area contributed by atoms with Crippen molar-refractivity contribution in [2.45, 2.75) is 45.4 Å². The maximum Gasteiger partial charge on any atom is 0.194 e. The number of methoxy groups -OCH3 is 1. The van der Waals surface area contributed by atoms with Crippen LogP contribution in [0.1, 0.15) is 37.3 Å². The molecule has 0 spiro atoms. The third kappa shape index (κ3) is 4.74. The molecule has 0 bridgehead atoms. The standard InChI is InChI=1S/C20H31FN4O/c1-3-22-20(25-11-8-18(14-25)24-9-4-5-10-24)23-13-16-6-7-19(21)17(12-16)15-26-2/h6-7,12,18H,3-5,8-11,13-15H2,1-2H3,(H,22,23). The van der Waals surface area contributed by atoms with Gasteiger partial charge in [0.1, 0.15) is 5.82 Å². The van der Waals surface area contributed by atoms with Gasteiger partial charge in [-0.05, 0) is 57.0 Å². The van der Waals surface area contributed by atoms with Crippen LogP contribution in [0.15, 0.2) is 23.2 Å². The van der Waals surface area contributed by atoms with Gasteiger partial charge in [-0.3, -0.25) is 4.90 Å². The lowest BCUT2D eigenvalue weighted by Gasteiger charge is -2.25. The van der Waals surface area contributed by atoms with Gasteiger partial charge in [-0.15, -0.1) is 0 Å². The average Bonchev–Trinajstić information content (AvgIpc) is 3.32. The Kier molecular flexibility index (Phi) is 6.86. The minimum Gasteiger partial charge on any atom is -0.380 e. The largest absolute Gasteiger partial charge is 0.380 e. The molecule has 1 aromatic rings. The van der Waals surface area contributed by atoms with E-state index < -0.39 is 0 Å². The predicted molar refractivity (Wildman–Crippen MR) is 103 cm³/mol. The third-order valence-corrected chi connectivity index (χ3v) is 5.28. The molecule has 2 heterocycles. The van der Waals surface area contributed by atoms with Crippen LogP contribution in [0, 0.1) is 5.82 Å². The first kappa shape index (κ1) is 19.1. The van der Waals surface area contributed by atoms with Gasteiger partial charge in [0.2, 0.25) is 0 Å². The highest BCUT2D eigenvalue weighted by Crippen LogP contribution is 2.20. The van der Waals surface area contributed by atoms with Crippen molar-refractivity contribution in [1.82, 2.24) is 15.1 Å². The Morgan fingerprint density at radius 2 is 2.12 bits per heavy atom. The van der Waals surface area contributed by atoms with E-state index in [4.69, 9.17) is 9.73 Å². The summed E-state index contributed by atoms with van der Waals surface area (Å²) in [5.74, 6) is 0.742. The normalized spacial score (nSPS) is 21.6. The summed E-state index contributed by atoms with van der Waals surface area (Å²) in [5, 5.41) is 3.42. The molecule has 5 nitrogen and oxygen atoms in total. The van der Waals surface area contributed by atoms with Gasteiger partial charge in [-0.2, -0.15) is 0 Å². The Hall–Kier alpha value is -1.66. The van der Waals surface area contributed by atoms with Crippen molar-refractivity contribution in [3.63, 3.8) is 0 Å². The Morgan fingerprint density at radius 3 is 2.85 bits per heavy atom. The number of hydrogen-bond donors (Lipinski definition) is 1. The average molecular weight is 362 g/mol. The molecule has 2 aliphatic heterocycles. The van der Waals surface area contributed by atoms with Gasteiger partial charge in [0.05, 0.1) is 13.2 Å². The molecule has 26 heavy (non-hydrogen) atoms. The molecule has 3 rings (SSSR count). The molecule has 1 aromatic carbocycles. The van der Waals surface area contributed by atoms with Gasteiger partial charge in [0.25, 0.3) is 0 Å². The van der Waals surface area contributed by atoms with E-state index in [0.29, 0.717) is 18.2 Å². The second kappa shape index (κ2) is 9.33. The summed E-state index contributed by atoms with van der Waals surface area (Å²) >= 11 is 0. The molecule has 2 aliphatic rings. The summed E-state index contributed by atoms with van der Waals surface area (Å²) in [5.41, 5.74) is 1.59. The highest BCUT2D eigenvalue weighted by Gasteiger charge is 2.30. The van der Waals surface area contributed by atoms with E-state index in [-0.39, 0.29) is 12.4 Å². The SMILES string of the molecule is CCNC(=NCc1ccc(F)c(COC)c1)N1CCC(N2CCCC2)C1. The molecular weight excluding hydrogens is 331 g/mol. The molecule has 2 fully saturated rings. The van der Waals surface area contributed by atoms with E-state index in [1.807, 2.05) is 6.07 Å². The lowest BCUT2D eigenvalue weighted by molar-refractivity contribution is 0.181. The number of nitrogens with one attached hydrogen (secondary N) is 1. The Labute approximate surface area is 156 Å². The van der Waals surface area contributed by atoms with Crippen molar-refractivity contribution in [1.29, 1.82) is 0 Å². The summed E-state index contributed by atoms with van der Waals surface area (Å²) in [6.45, 7) is 8.35. The van der Waals surface area contributed by atoms with Gasteiger partial charge in [0, 0.05) is 38.3 Å². The third-order valence-electron chi connectivity index (χ3n) is 5.28. The van der Waals surface area contributed by atoms with E-state index in [0.717, 1.165) is 31.2 Å². The minimum atomic E-state index is -0.223. The van der Waals surface area contributed by atoms with Crippen molar-refractivity contribution < 1.29 is 9.13 Å². The van der Waals surface area contributed by atoms with E-state index >= 15 is 0 Å². The molecule has 1 N–H and O–H groups in total. The fourth-order valence-electron chi connectivity index (χ4n) is 3.92. The monoisotopic (exact) mass is 362 g/mol. The van der Waals surface area contributed by atoms with Crippen molar-refractivity contribution in [2.75, 3.05) is 39.8 Å². The van der Waals surface area contributed by atoms with Crippen LogP contribution in [0.25, 0.3) is 0 Å². The van der Waals surface area contributed by atoms with Crippen molar-refractivity contribution >= 4 is 5.96 Å². The van der Waals surface area contributed by atoms with E-state index in [9.17, 15) is 4.39 Å². The summed E-state index contributed by atoms with van der Waals surface area (Å²) < 4.78 is 18.8. The zero-order chi connectivity index (χ0) is 18.4. The predicted octanol–water partition coefficient (Wildman–Crippen LogP) is 2.61. The second-order valence-corrected chi connectivity index (χ2v) is 7.16. The number of benzene rings is 1. The second-order valence-electron chi connectivity index (χ2n) is 7.16. The van der Waals surface area contributed by atoms with Crippen molar-refractivity contribution in [3.8, 4) is 0 Å². The van der Waals surface area contributed by atoms with Crippen LogP contribution in [0.4, 0.5) is 4.39 Å². The number of hydrogen-bond acceptors (Lipinski definition) is 3. The first-order chi connectivity index (χ1) is 12.7. The highest BCUT2D eigenvalue weighted by molar-refractivity contribution is 5.80. The number of halogens is 1. The molecule has 0 amide bonds. The van der Waals surface area contributed by atoms with Gasteiger partial charge >= 0.3 is 0 Å². The molecule has 2 saturated heterocycles. The fraction of sp³-hybridized carbons (Fsp3) is 0.650. The van der Waals surface area contributed by atoms with Crippen LogP contribution in [0.3, 0.4) is 0 Å². The zero-order valence-corrected chi connectivity index (χ0v) is 16.0. The Morgan fingerprint density at radius 1 is 1.31 bits per heavy atom.